The van der Waals surface area contributed by atoms with Crippen molar-refractivity contribution in [1.29, 1.82) is 0 Å². The molecule has 0 saturated carbocycles. The van der Waals surface area contributed by atoms with E-state index < -0.39 is 0 Å². The van der Waals surface area contributed by atoms with E-state index in [1.165, 1.54) is 12.5 Å². The average Bonchev–Trinajstić information content (AvgIpc) is 3.67. The minimum Gasteiger partial charge on any atom is -0.444 e. The summed E-state index contributed by atoms with van der Waals surface area (Å²) in [5.41, 5.74) is 4.24. The fourth-order valence-corrected chi connectivity index (χ4v) is 4.65. The lowest BCUT2D eigenvalue weighted by Crippen LogP contribution is -1.88. The number of benzene rings is 2. The van der Waals surface area contributed by atoms with Crippen molar-refractivity contribution in [2.24, 2.45) is 0 Å². The monoisotopic (exact) mass is 454 g/mol. The molecule has 0 fully saturated rings. The number of oxazole rings is 2. The summed E-state index contributed by atoms with van der Waals surface area (Å²) in [4.78, 5) is 13.9. The lowest BCUT2D eigenvalue weighted by molar-refractivity contribution is 0.391. The Kier molecular flexibility index (Phi) is 3.78. The lowest BCUT2D eigenvalue weighted by atomic mass is 10.1. The van der Waals surface area contributed by atoms with Gasteiger partial charge in [0.1, 0.15) is 23.1 Å². The second-order valence-corrected chi connectivity index (χ2v) is 8.04. The molecular formula is C22H10N6O4S. The highest BCUT2D eigenvalue weighted by Gasteiger charge is 2.26. The van der Waals surface area contributed by atoms with Crippen LogP contribution in [0.15, 0.2) is 79.1 Å². The van der Waals surface area contributed by atoms with E-state index in [1.54, 1.807) is 23.6 Å². The second kappa shape index (κ2) is 6.93. The van der Waals surface area contributed by atoms with Gasteiger partial charge in [0, 0.05) is 16.9 Å². The summed E-state index contributed by atoms with van der Waals surface area (Å²) in [5, 5.41) is 12.4. The molecule has 2 aromatic carbocycles. The second-order valence-electron chi connectivity index (χ2n) is 7.01. The molecule has 5 aromatic heterocycles. The number of rotatable bonds is 4. The van der Waals surface area contributed by atoms with Crippen molar-refractivity contribution in [2.75, 3.05) is 0 Å². The molecule has 7 aromatic rings. The van der Waals surface area contributed by atoms with Gasteiger partial charge in [-0.15, -0.1) is 16.4 Å². The molecular weight excluding hydrogens is 444 g/mol. The van der Waals surface area contributed by atoms with Gasteiger partial charge in [0.05, 0.1) is 22.0 Å². The molecule has 0 aliphatic rings. The third kappa shape index (κ3) is 2.79. The van der Waals surface area contributed by atoms with Crippen molar-refractivity contribution >= 4 is 32.7 Å². The molecule has 0 amide bonds. The third-order valence-electron chi connectivity index (χ3n) is 5.09. The Bertz CT molecular complexity index is 1700. The smallest absolute Gasteiger partial charge is 0.252 e. The number of hydrogen-bond donors (Lipinski definition) is 0. The van der Waals surface area contributed by atoms with Crippen LogP contribution in [0.2, 0.25) is 0 Å². The Labute approximate surface area is 187 Å². The molecule has 0 unspecified atom stereocenters. The highest BCUT2D eigenvalue weighted by Crippen LogP contribution is 2.41. The van der Waals surface area contributed by atoms with Gasteiger partial charge in [0.15, 0.2) is 17.0 Å². The normalized spacial score (nSPS) is 11.6. The summed E-state index contributed by atoms with van der Waals surface area (Å²) in [6.07, 6.45) is 4.53. The van der Waals surface area contributed by atoms with Crippen LogP contribution in [0.25, 0.3) is 66.4 Å². The van der Waals surface area contributed by atoms with Crippen molar-refractivity contribution in [1.82, 2.24) is 30.5 Å². The van der Waals surface area contributed by atoms with Crippen molar-refractivity contribution < 1.29 is 17.9 Å². The Morgan fingerprint density at radius 1 is 0.909 bits per heavy atom. The van der Waals surface area contributed by atoms with Gasteiger partial charge in [-0.3, -0.25) is 0 Å². The van der Waals surface area contributed by atoms with Crippen LogP contribution in [0.5, 0.6) is 0 Å². The highest BCUT2D eigenvalue weighted by atomic mass is 32.1. The van der Waals surface area contributed by atoms with E-state index in [0.717, 1.165) is 20.8 Å². The molecule has 11 heteroatoms. The van der Waals surface area contributed by atoms with E-state index in [0.29, 0.717) is 39.7 Å². The molecule has 0 saturated heterocycles. The minimum absolute atomic E-state index is 0.221. The summed E-state index contributed by atoms with van der Waals surface area (Å²) >= 11 is 1.58. The van der Waals surface area contributed by atoms with Gasteiger partial charge >= 0.3 is 0 Å². The van der Waals surface area contributed by atoms with Crippen molar-refractivity contribution in [3.05, 3.63) is 61.2 Å². The Hall–Kier alpha value is -4.64. The van der Waals surface area contributed by atoms with Crippen LogP contribution in [0, 0.1) is 0 Å². The summed E-state index contributed by atoms with van der Waals surface area (Å²) in [7, 11) is 0. The number of thiazole rings is 1. The maximum atomic E-state index is 6.02. The van der Waals surface area contributed by atoms with Crippen molar-refractivity contribution in [3.8, 4) is 45.1 Å². The fraction of sp³-hybridized carbons (Fsp3) is 0. The van der Waals surface area contributed by atoms with Gasteiger partial charge in [-0.25, -0.2) is 15.0 Å². The quantitative estimate of drug-likeness (QED) is 0.338. The minimum atomic E-state index is 0.221. The lowest BCUT2D eigenvalue weighted by Gasteiger charge is -2.04. The zero-order chi connectivity index (χ0) is 21.8. The van der Waals surface area contributed by atoms with E-state index in [1.807, 2.05) is 36.4 Å². The molecule has 0 aliphatic heterocycles. The van der Waals surface area contributed by atoms with Gasteiger partial charge in [-0.05, 0) is 24.3 Å². The molecule has 7 rings (SSSR count). The molecule has 0 bridgehead atoms. The van der Waals surface area contributed by atoms with E-state index in [9.17, 15) is 0 Å². The highest BCUT2D eigenvalue weighted by molar-refractivity contribution is 7.21. The molecule has 0 atom stereocenters. The Morgan fingerprint density at radius 2 is 1.88 bits per heavy atom. The number of nitrogens with zero attached hydrogens (tertiary/aromatic N) is 6. The van der Waals surface area contributed by atoms with Crippen LogP contribution >= 0.6 is 11.3 Å². The SMILES string of the molecule is c1ccc2sc(-c3ccc4oc(-c5nnoc5-c5ccon5)nc4c3-c3ncco3)nc2c1. The van der Waals surface area contributed by atoms with Gasteiger partial charge in [0.2, 0.25) is 11.7 Å². The molecule has 5 heterocycles. The summed E-state index contributed by atoms with van der Waals surface area (Å²) in [6, 6.07) is 13.4. The summed E-state index contributed by atoms with van der Waals surface area (Å²) in [5.74, 6) is 0.919. The van der Waals surface area contributed by atoms with Crippen LogP contribution in [-0.4, -0.2) is 30.5 Å². The first-order chi connectivity index (χ1) is 16.3. The maximum Gasteiger partial charge on any atom is 0.252 e. The first-order valence-corrected chi connectivity index (χ1v) is 10.6. The Morgan fingerprint density at radius 3 is 2.73 bits per heavy atom. The van der Waals surface area contributed by atoms with E-state index in [-0.39, 0.29) is 5.89 Å². The van der Waals surface area contributed by atoms with E-state index in [2.05, 4.69) is 20.5 Å². The van der Waals surface area contributed by atoms with Crippen LogP contribution in [0.4, 0.5) is 0 Å². The molecule has 0 spiro atoms. The summed E-state index contributed by atoms with van der Waals surface area (Å²) in [6.45, 7) is 0. The van der Waals surface area contributed by atoms with Crippen LogP contribution in [0.1, 0.15) is 0 Å². The van der Waals surface area contributed by atoms with Crippen LogP contribution in [-0.2, 0) is 0 Å². The molecule has 33 heavy (non-hydrogen) atoms. The number of fused-ring (bicyclic) bond motifs is 2. The molecule has 0 aliphatic carbocycles. The van der Waals surface area contributed by atoms with Crippen LogP contribution in [0.3, 0.4) is 0 Å². The zero-order valence-corrected chi connectivity index (χ0v) is 17.3. The number of hydrogen-bond acceptors (Lipinski definition) is 11. The third-order valence-corrected chi connectivity index (χ3v) is 6.16. The molecule has 10 nitrogen and oxygen atoms in total. The van der Waals surface area contributed by atoms with Crippen molar-refractivity contribution in [3.63, 3.8) is 0 Å². The van der Waals surface area contributed by atoms with E-state index >= 15 is 0 Å². The predicted molar refractivity (Wildman–Crippen MR) is 117 cm³/mol. The zero-order valence-electron chi connectivity index (χ0n) is 16.5. The fourth-order valence-electron chi connectivity index (χ4n) is 3.65. The molecule has 158 valence electrons. The number of para-hydroxylation sites is 1. The molecule has 0 radical (unpaired) electrons. The van der Waals surface area contributed by atoms with Crippen LogP contribution < -0.4 is 0 Å². The predicted octanol–water partition coefficient (Wildman–Crippen LogP) is 5.46. The first-order valence-electron chi connectivity index (χ1n) is 9.78. The largest absolute Gasteiger partial charge is 0.444 e. The van der Waals surface area contributed by atoms with Gasteiger partial charge in [0.25, 0.3) is 5.89 Å². The van der Waals surface area contributed by atoms with Gasteiger partial charge < -0.3 is 17.9 Å². The topological polar surface area (TPSA) is 130 Å². The van der Waals surface area contributed by atoms with E-state index in [4.69, 9.17) is 27.8 Å². The van der Waals surface area contributed by atoms with Gasteiger partial charge in [-0.1, -0.05) is 17.3 Å². The first kappa shape index (κ1) is 18.0. The Balaban J connectivity index is 1.47. The number of aromatic nitrogens is 6. The van der Waals surface area contributed by atoms with Gasteiger partial charge in [-0.2, -0.15) is 0 Å². The van der Waals surface area contributed by atoms with Crippen molar-refractivity contribution in [2.45, 2.75) is 0 Å². The average molecular weight is 454 g/mol. The standard InChI is InChI=1S/C22H10N6O4S/c1-2-4-15-12(3-1)24-22(33-15)11-5-6-14-17(16(11)20-23-8-10-29-20)25-21(31-14)18-19(32-28-26-18)13-7-9-30-27-13/h1-10H. The summed E-state index contributed by atoms with van der Waals surface area (Å²) < 4.78 is 22.9. The maximum absolute atomic E-state index is 6.02. The molecule has 0 N–H and O–H groups in total.